The van der Waals surface area contributed by atoms with Gasteiger partial charge in [0.05, 0.1) is 12.7 Å². The lowest BCUT2D eigenvalue weighted by atomic mass is 10.0. The van der Waals surface area contributed by atoms with Crippen LogP contribution in [0, 0.1) is 11.6 Å². The monoisotopic (exact) mass is 343 g/mol. The molecule has 0 radical (unpaired) electrons. The van der Waals surface area contributed by atoms with Crippen molar-refractivity contribution in [3.05, 3.63) is 64.9 Å². The van der Waals surface area contributed by atoms with Gasteiger partial charge in [-0.15, -0.1) is 13.2 Å². The Kier molecular flexibility index (Phi) is 5.58. The molecule has 0 fully saturated rings. The summed E-state index contributed by atoms with van der Waals surface area (Å²) in [5.41, 5.74) is -0.427. The van der Waals surface area contributed by atoms with Crippen molar-refractivity contribution in [2.24, 2.45) is 0 Å². The number of benzene rings is 1. The third kappa shape index (κ3) is 3.27. The van der Waals surface area contributed by atoms with E-state index >= 15 is 0 Å². The molecule has 1 aromatic heterocycles. The summed E-state index contributed by atoms with van der Waals surface area (Å²) in [4.78, 5) is 12.3. The average Bonchev–Trinajstić information content (AvgIpc) is 3.05. The molecule has 2 heterocycles. The lowest BCUT2D eigenvalue weighted by Gasteiger charge is -2.12. The summed E-state index contributed by atoms with van der Waals surface area (Å²) in [7, 11) is 0. The first-order valence-electron chi connectivity index (χ1n) is 7.36. The maximum atomic E-state index is 14.1. The highest BCUT2D eigenvalue weighted by molar-refractivity contribution is 5.25. The molecule has 1 aliphatic heterocycles. The standard InChI is InChI=1S/C14H13F4N3O.C2H4/c15-2-1-3-20-14(22)21-12(7-11(18)13(21)19-20)8-4-9(16)6-10(17)5-8;1-2/h4-6,11-12H,1-3,7H2;1-2H2. The van der Waals surface area contributed by atoms with Crippen LogP contribution in [-0.2, 0) is 6.54 Å². The van der Waals surface area contributed by atoms with Crippen LogP contribution in [0.5, 0.6) is 0 Å². The van der Waals surface area contributed by atoms with Gasteiger partial charge in [0.25, 0.3) is 0 Å². The minimum Gasteiger partial charge on any atom is -0.269 e. The lowest BCUT2D eigenvalue weighted by Crippen LogP contribution is -2.27. The number of halogens is 4. The predicted molar refractivity (Wildman–Crippen MR) is 81.3 cm³/mol. The number of fused-ring (bicyclic) bond motifs is 1. The third-order valence-corrected chi connectivity index (χ3v) is 3.69. The molecular weight excluding hydrogens is 326 g/mol. The number of aromatic nitrogens is 3. The fourth-order valence-corrected chi connectivity index (χ4v) is 2.76. The van der Waals surface area contributed by atoms with Crippen LogP contribution in [0.4, 0.5) is 17.6 Å². The van der Waals surface area contributed by atoms with Gasteiger partial charge in [-0.1, -0.05) is 0 Å². The molecular formula is C16H17F4N3O. The van der Waals surface area contributed by atoms with Crippen molar-refractivity contribution < 1.29 is 17.6 Å². The second-order valence-corrected chi connectivity index (χ2v) is 5.20. The van der Waals surface area contributed by atoms with Crippen LogP contribution < -0.4 is 5.69 Å². The zero-order valence-electron chi connectivity index (χ0n) is 12.9. The van der Waals surface area contributed by atoms with Gasteiger partial charge in [-0.2, -0.15) is 5.10 Å². The van der Waals surface area contributed by atoms with E-state index in [1.807, 2.05) is 0 Å². The molecule has 0 amide bonds. The van der Waals surface area contributed by atoms with E-state index in [1.54, 1.807) is 0 Å². The summed E-state index contributed by atoms with van der Waals surface area (Å²) in [6.07, 6.45) is -1.52. The van der Waals surface area contributed by atoms with Gasteiger partial charge in [0.2, 0.25) is 0 Å². The molecule has 0 aliphatic carbocycles. The molecule has 2 aromatic rings. The van der Waals surface area contributed by atoms with Crippen LogP contribution in [-0.4, -0.2) is 21.0 Å². The number of nitrogens with zero attached hydrogens (tertiary/aromatic N) is 3. The maximum Gasteiger partial charge on any atom is 0.346 e. The average molecular weight is 343 g/mol. The minimum absolute atomic E-state index is 0.0340. The van der Waals surface area contributed by atoms with Crippen molar-refractivity contribution >= 4 is 0 Å². The van der Waals surface area contributed by atoms with Crippen molar-refractivity contribution in [2.75, 3.05) is 6.67 Å². The Labute approximate surface area is 136 Å². The highest BCUT2D eigenvalue weighted by Crippen LogP contribution is 2.38. The first-order chi connectivity index (χ1) is 11.5. The van der Waals surface area contributed by atoms with Crippen molar-refractivity contribution in [3.8, 4) is 0 Å². The highest BCUT2D eigenvalue weighted by Gasteiger charge is 2.37. The van der Waals surface area contributed by atoms with Crippen LogP contribution in [0.25, 0.3) is 0 Å². The van der Waals surface area contributed by atoms with E-state index < -0.39 is 36.2 Å². The number of hydrogen-bond donors (Lipinski definition) is 0. The molecule has 130 valence electrons. The summed E-state index contributed by atoms with van der Waals surface area (Å²) < 4.78 is 55.1. The topological polar surface area (TPSA) is 39.8 Å². The number of alkyl halides is 2. The fraction of sp³-hybridized carbons (Fsp3) is 0.375. The van der Waals surface area contributed by atoms with Gasteiger partial charge in [-0.3, -0.25) is 8.96 Å². The number of hydrogen-bond acceptors (Lipinski definition) is 2. The molecule has 0 saturated heterocycles. The molecule has 2 unspecified atom stereocenters. The quantitative estimate of drug-likeness (QED) is 0.630. The fourth-order valence-electron chi connectivity index (χ4n) is 2.76. The Bertz CT molecular complexity index is 751. The van der Waals surface area contributed by atoms with Gasteiger partial charge in [0, 0.05) is 19.0 Å². The second-order valence-electron chi connectivity index (χ2n) is 5.20. The van der Waals surface area contributed by atoms with E-state index in [2.05, 4.69) is 18.3 Å². The maximum absolute atomic E-state index is 14.1. The molecule has 0 saturated carbocycles. The molecule has 4 nitrogen and oxygen atoms in total. The summed E-state index contributed by atoms with van der Waals surface area (Å²) in [5, 5.41) is 3.87. The van der Waals surface area contributed by atoms with E-state index in [9.17, 15) is 22.4 Å². The van der Waals surface area contributed by atoms with Gasteiger partial charge < -0.3 is 0 Å². The molecule has 2 atom stereocenters. The van der Waals surface area contributed by atoms with E-state index in [1.165, 1.54) is 0 Å². The van der Waals surface area contributed by atoms with Gasteiger partial charge in [-0.05, 0) is 24.1 Å². The largest absolute Gasteiger partial charge is 0.346 e. The lowest BCUT2D eigenvalue weighted by molar-refractivity contribution is 0.320. The number of rotatable bonds is 4. The molecule has 0 bridgehead atoms. The van der Waals surface area contributed by atoms with Crippen LogP contribution in [0.15, 0.2) is 36.2 Å². The highest BCUT2D eigenvalue weighted by atomic mass is 19.1. The summed E-state index contributed by atoms with van der Waals surface area (Å²) >= 11 is 0. The normalized spacial score (nSPS) is 18.8. The molecule has 0 spiro atoms. The van der Waals surface area contributed by atoms with E-state index in [-0.39, 0.29) is 30.8 Å². The Balaban J connectivity index is 0.00000100. The first kappa shape index (κ1) is 18.0. The van der Waals surface area contributed by atoms with E-state index in [4.69, 9.17) is 0 Å². The van der Waals surface area contributed by atoms with E-state index in [0.717, 1.165) is 21.4 Å². The summed E-state index contributed by atoms with van der Waals surface area (Å²) in [5.74, 6) is -1.67. The minimum atomic E-state index is -1.50. The summed E-state index contributed by atoms with van der Waals surface area (Å²) in [6, 6.07) is 2.03. The molecule has 3 rings (SSSR count). The zero-order valence-corrected chi connectivity index (χ0v) is 12.9. The molecule has 1 aliphatic rings. The van der Waals surface area contributed by atoms with Crippen molar-refractivity contribution in [3.63, 3.8) is 0 Å². The van der Waals surface area contributed by atoms with Crippen LogP contribution in [0.2, 0.25) is 0 Å². The van der Waals surface area contributed by atoms with Crippen LogP contribution in [0.3, 0.4) is 0 Å². The SMILES string of the molecule is C=C.O=c1n(CCCF)nc2n1C(c1cc(F)cc(F)c1)CC2F. The molecule has 8 heteroatoms. The molecule has 1 aromatic carbocycles. The zero-order chi connectivity index (χ0) is 17.9. The Morgan fingerprint density at radius 3 is 2.42 bits per heavy atom. The first-order valence-corrected chi connectivity index (χ1v) is 7.36. The molecule has 0 N–H and O–H groups in total. The predicted octanol–water partition coefficient (Wildman–Crippen LogP) is 3.49. The van der Waals surface area contributed by atoms with Crippen LogP contribution in [0.1, 0.15) is 36.4 Å². The number of aryl methyl sites for hydroxylation is 1. The Hall–Kier alpha value is -2.38. The van der Waals surface area contributed by atoms with Crippen molar-refractivity contribution in [1.29, 1.82) is 0 Å². The molecule has 24 heavy (non-hydrogen) atoms. The van der Waals surface area contributed by atoms with Crippen LogP contribution >= 0.6 is 0 Å². The smallest absolute Gasteiger partial charge is 0.269 e. The van der Waals surface area contributed by atoms with Gasteiger partial charge >= 0.3 is 5.69 Å². The van der Waals surface area contributed by atoms with Gasteiger partial charge in [0.1, 0.15) is 11.6 Å². The Morgan fingerprint density at radius 2 is 1.83 bits per heavy atom. The summed E-state index contributed by atoms with van der Waals surface area (Å²) in [6.45, 7) is 5.42. The van der Waals surface area contributed by atoms with Gasteiger partial charge in [-0.25, -0.2) is 22.6 Å². The van der Waals surface area contributed by atoms with Gasteiger partial charge in [0.15, 0.2) is 12.0 Å². The third-order valence-electron chi connectivity index (χ3n) is 3.69. The van der Waals surface area contributed by atoms with Crippen molar-refractivity contribution in [1.82, 2.24) is 14.3 Å². The van der Waals surface area contributed by atoms with Crippen molar-refractivity contribution in [2.45, 2.75) is 31.6 Å². The second kappa shape index (κ2) is 7.46. The van der Waals surface area contributed by atoms with E-state index in [0.29, 0.717) is 6.07 Å². The Morgan fingerprint density at radius 1 is 1.21 bits per heavy atom.